The van der Waals surface area contributed by atoms with Gasteiger partial charge in [0.05, 0.1) is 15.6 Å². The molecule has 2 aromatic rings. The van der Waals surface area contributed by atoms with Crippen molar-refractivity contribution in [1.29, 1.82) is 5.26 Å². The molecule has 0 atom stereocenters. The van der Waals surface area contributed by atoms with Crippen molar-refractivity contribution >= 4 is 33.7 Å². The number of hydrogen-bond acceptors (Lipinski definition) is 6. The fraction of sp³-hybridized carbons (Fsp3) is 0.0625. The number of halogens is 1. The molecule has 0 heterocycles. The van der Waals surface area contributed by atoms with E-state index in [-0.39, 0.29) is 12.3 Å². The molecule has 0 spiro atoms. The standard InChI is InChI=1S/C16H11BrN4O4/c17-14-7-11(9-19-20-16(22)8-18)4-5-15(14)25-10-12-2-1-3-13(6-12)21(23)24/h1-7,9H,10H2,(H,20,22)/b19-9+. The molecule has 0 aromatic heterocycles. The van der Waals surface area contributed by atoms with Crippen molar-refractivity contribution in [2.45, 2.75) is 6.61 Å². The van der Waals surface area contributed by atoms with E-state index in [1.807, 2.05) is 5.43 Å². The maximum Gasteiger partial charge on any atom is 0.342 e. The highest BCUT2D eigenvalue weighted by atomic mass is 79.9. The number of nitriles is 1. The number of carbonyl (C=O) groups excluding carboxylic acids is 1. The smallest absolute Gasteiger partial charge is 0.342 e. The second-order valence-corrected chi connectivity index (χ2v) is 5.57. The zero-order valence-electron chi connectivity index (χ0n) is 12.7. The van der Waals surface area contributed by atoms with Crippen LogP contribution in [0.15, 0.2) is 52.0 Å². The van der Waals surface area contributed by atoms with Crippen LogP contribution in [-0.4, -0.2) is 17.0 Å². The molecule has 0 fully saturated rings. The molecule has 0 aliphatic rings. The summed E-state index contributed by atoms with van der Waals surface area (Å²) in [5.41, 5.74) is 3.40. The minimum absolute atomic E-state index is 0.00569. The predicted octanol–water partition coefficient (Wildman–Crippen LogP) is 2.91. The molecule has 0 unspecified atom stereocenters. The Balaban J connectivity index is 2.01. The van der Waals surface area contributed by atoms with E-state index in [0.717, 1.165) is 0 Å². The number of nitro groups is 1. The first-order valence-corrected chi connectivity index (χ1v) is 7.67. The monoisotopic (exact) mass is 402 g/mol. The van der Waals surface area contributed by atoms with Gasteiger partial charge in [0.1, 0.15) is 12.4 Å². The average Bonchev–Trinajstić information content (AvgIpc) is 2.61. The summed E-state index contributed by atoms with van der Waals surface area (Å²) < 4.78 is 6.29. The second-order valence-electron chi connectivity index (χ2n) is 4.72. The first-order chi connectivity index (χ1) is 12.0. The molecular formula is C16H11BrN4O4. The second kappa shape index (κ2) is 8.56. The lowest BCUT2D eigenvalue weighted by atomic mass is 10.2. The molecule has 2 rings (SSSR count). The van der Waals surface area contributed by atoms with E-state index < -0.39 is 10.8 Å². The maximum absolute atomic E-state index is 10.8. The van der Waals surface area contributed by atoms with E-state index in [0.29, 0.717) is 21.3 Å². The lowest BCUT2D eigenvalue weighted by molar-refractivity contribution is -0.384. The van der Waals surface area contributed by atoms with Crippen LogP contribution in [0.3, 0.4) is 0 Å². The van der Waals surface area contributed by atoms with Gasteiger partial charge in [-0.3, -0.25) is 14.9 Å². The van der Waals surface area contributed by atoms with Gasteiger partial charge in [-0.1, -0.05) is 12.1 Å². The molecule has 0 bridgehead atoms. The quantitative estimate of drug-likeness (QED) is 0.344. The Morgan fingerprint density at radius 1 is 1.40 bits per heavy atom. The molecule has 0 radical (unpaired) electrons. The third-order valence-corrected chi connectivity index (χ3v) is 3.57. The summed E-state index contributed by atoms with van der Waals surface area (Å²) in [6.45, 7) is 0.173. The molecule has 0 saturated carbocycles. The number of hydrazone groups is 1. The minimum Gasteiger partial charge on any atom is -0.488 e. The van der Waals surface area contributed by atoms with Crippen LogP contribution < -0.4 is 10.2 Å². The van der Waals surface area contributed by atoms with Gasteiger partial charge >= 0.3 is 5.91 Å². The lowest BCUT2D eigenvalue weighted by Gasteiger charge is -2.09. The Morgan fingerprint density at radius 3 is 2.88 bits per heavy atom. The highest BCUT2D eigenvalue weighted by Gasteiger charge is 2.07. The van der Waals surface area contributed by atoms with Crippen LogP contribution in [0.4, 0.5) is 5.69 Å². The Morgan fingerprint density at radius 2 is 2.20 bits per heavy atom. The number of rotatable bonds is 6. The van der Waals surface area contributed by atoms with E-state index in [1.165, 1.54) is 24.4 Å². The first kappa shape index (κ1) is 18.1. The zero-order valence-corrected chi connectivity index (χ0v) is 14.3. The number of nitrogens with zero attached hydrogens (tertiary/aromatic N) is 3. The fourth-order valence-electron chi connectivity index (χ4n) is 1.83. The van der Waals surface area contributed by atoms with Crippen molar-refractivity contribution in [3.8, 4) is 11.8 Å². The van der Waals surface area contributed by atoms with Crippen LogP contribution >= 0.6 is 15.9 Å². The molecule has 0 saturated heterocycles. The highest BCUT2D eigenvalue weighted by molar-refractivity contribution is 9.10. The van der Waals surface area contributed by atoms with Crippen molar-refractivity contribution in [2.24, 2.45) is 5.10 Å². The molecule has 0 aliphatic carbocycles. The highest BCUT2D eigenvalue weighted by Crippen LogP contribution is 2.26. The van der Waals surface area contributed by atoms with Crippen molar-refractivity contribution in [3.05, 3.63) is 68.2 Å². The first-order valence-electron chi connectivity index (χ1n) is 6.88. The Bertz CT molecular complexity index is 877. The summed E-state index contributed by atoms with van der Waals surface area (Å²) in [4.78, 5) is 21.1. The van der Waals surface area contributed by atoms with Crippen LogP contribution in [0.25, 0.3) is 0 Å². The summed E-state index contributed by atoms with van der Waals surface area (Å²) in [6, 6.07) is 12.7. The largest absolute Gasteiger partial charge is 0.488 e. The van der Waals surface area contributed by atoms with Crippen LogP contribution in [-0.2, 0) is 11.4 Å². The van der Waals surface area contributed by atoms with E-state index in [4.69, 9.17) is 10.00 Å². The maximum atomic E-state index is 10.8. The van der Waals surface area contributed by atoms with Gasteiger partial charge < -0.3 is 4.74 Å². The summed E-state index contributed by atoms with van der Waals surface area (Å²) in [7, 11) is 0. The Kier molecular flexibility index (Phi) is 6.20. The number of nitrogens with one attached hydrogen (secondary N) is 1. The molecule has 1 N–H and O–H groups in total. The molecule has 0 aliphatic heterocycles. The van der Waals surface area contributed by atoms with E-state index in [9.17, 15) is 14.9 Å². The van der Waals surface area contributed by atoms with Crippen LogP contribution in [0.1, 0.15) is 11.1 Å². The predicted molar refractivity (Wildman–Crippen MR) is 92.9 cm³/mol. The fourth-order valence-corrected chi connectivity index (χ4v) is 2.34. The van der Waals surface area contributed by atoms with Gasteiger partial charge in [-0.2, -0.15) is 10.4 Å². The molecule has 25 heavy (non-hydrogen) atoms. The molecule has 2 aromatic carbocycles. The van der Waals surface area contributed by atoms with Crippen LogP contribution in [0, 0.1) is 21.4 Å². The van der Waals surface area contributed by atoms with Gasteiger partial charge in [0.2, 0.25) is 0 Å². The van der Waals surface area contributed by atoms with Gasteiger partial charge in [0.15, 0.2) is 6.07 Å². The summed E-state index contributed by atoms with van der Waals surface area (Å²) >= 11 is 3.36. The molecule has 1 amide bonds. The van der Waals surface area contributed by atoms with Crippen molar-refractivity contribution in [1.82, 2.24) is 5.43 Å². The average molecular weight is 403 g/mol. The number of benzene rings is 2. The SMILES string of the molecule is N#CC(=O)N/N=C/c1ccc(OCc2cccc([N+](=O)[O-])c2)c(Br)c1. The van der Waals surface area contributed by atoms with Gasteiger partial charge in [-0.15, -0.1) is 0 Å². The van der Waals surface area contributed by atoms with Crippen LogP contribution in [0.5, 0.6) is 5.75 Å². The third kappa shape index (κ3) is 5.40. The van der Waals surface area contributed by atoms with Gasteiger partial charge in [0, 0.05) is 12.1 Å². The van der Waals surface area contributed by atoms with Crippen molar-refractivity contribution in [2.75, 3.05) is 0 Å². The molecular weight excluding hydrogens is 392 g/mol. The normalized spacial score (nSPS) is 10.2. The molecule has 9 heteroatoms. The zero-order chi connectivity index (χ0) is 18.2. The number of nitro benzene ring substituents is 1. The van der Waals surface area contributed by atoms with E-state index in [2.05, 4.69) is 21.0 Å². The number of non-ortho nitro benzene ring substituents is 1. The molecule has 126 valence electrons. The van der Waals surface area contributed by atoms with Gasteiger partial charge in [0.25, 0.3) is 5.69 Å². The van der Waals surface area contributed by atoms with E-state index in [1.54, 1.807) is 30.3 Å². The van der Waals surface area contributed by atoms with Crippen LogP contribution in [0.2, 0.25) is 0 Å². The van der Waals surface area contributed by atoms with Gasteiger partial charge in [-0.25, -0.2) is 5.43 Å². The summed E-state index contributed by atoms with van der Waals surface area (Å²) in [6.07, 6.45) is 1.38. The summed E-state index contributed by atoms with van der Waals surface area (Å²) in [5.74, 6) is -0.308. The number of carbonyl (C=O) groups is 1. The van der Waals surface area contributed by atoms with Crippen molar-refractivity contribution in [3.63, 3.8) is 0 Å². The number of ether oxygens (including phenoxy) is 1. The minimum atomic E-state index is -0.854. The Hall–Kier alpha value is -3.25. The van der Waals surface area contributed by atoms with Gasteiger partial charge in [-0.05, 0) is 45.3 Å². The molecule has 8 nitrogen and oxygen atoms in total. The van der Waals surface area contributed by atoms with E-state index >= 15 is 0 Å². The lowest BCUT2D eigenvalue weighted by Crippen LogP contribution is -2.14. The van der Waals surface area contributed by atoms with Crippen molar-refractivity contribution < 1.29 is 14.5 Å². The summed E-state index contributed by atoms with van der Waals surface area (Å²) in [5, 5.41) is 22.7. The number of hydrogen-bond donors (Lipinski definition) is 1. The Labute approximate surface area is 151 Å². The number of amides is 1. The third-order valence-electron chi connectivity index (χ3n) is 2.95. The topological polar surface area (TPSA) is 118 Å².